The Morgan fingerprint density at radius 3 is 2.79 bits per heavy atom. The first-order chi connectivity index (χ1) is 11.5. The molecule has 2 heterocycles. The summed E-state index contributed by atoms with van der Waals surface area (Å²) in [5.41, 5.74) is 4.63. The van der Waals surface area contributed by atoms with E-state index in [-0.39, 0.29) is 5.91 Å². The van der Waals surface area contributed by atoms with Gasteiger partial charge in [0.1, 0.15) is 11.8 Å². The second-order valence-electron chi connectivity index (χ2n) is 5.57. The molecule has 2 N–H and O–H groups in total. The van der Waals surface area contributed by atoms with Gasteiger partial charge in [0, 0.05) is 30.1 Å². The Morgan fingerprint density at radius 1 is 1.29 bits per heavy atom. The van der Waals surface area contributed by atoms with E-state index in [0.717, 1.165) is 28.6 Å². The fourth-order valence-corrected chi connectivity index (χ4v) is 2.55. The molecule has 3 aromatic rings. The Balaban J connectivity index is 2.05. The van der Waals surface area contributed by atoms with Gasteiger partial charge in [-0.1, -0.05) is 6.07 Å². The summed E-state index contributed by atoms with van der Waals surface area (Å²) >= 11 is 0. The molecule has 0 saturated heterocycles. The Labute approximate surface area is 138 Å². The molecular weight excluding hydrogens is 306 g/mol. The molecule has 2 aromatic heterocycles. The molecule has 0 aliphatic heterocycles. The Bertz CT molecular complexity index is 946. The van der Waals surface area contributed by atoms with Crippen molar-refractivity contribution >= 4 is 34.9 Å². The number of nitrogens with one attached hydrogen (secondary N) is 2. The van der Waals surface area contributed by atoms with E-state index in [1.807, 2.05) is 32.0 Å². The first-order valence-electron chi connectivity index (χ1n) is 7.43. The normalized spacial score (nSPS) is 10.6. The van der Waals surface area contributed by atoms with Gasteiger partial charge in [0.15, 0.2) is 12.1 Å². The average Bonchev–Trinajstić information content (AvgIpc) is 2.87. The van der Waals surface area contributed by atoms with Gasteiger partial charge in [-0.2, -0.15) is 5.10 Å². The molecule has 3 rings (SSSR count). The van der Waals surface area contributed by atoms with Crippen LogP contribution in [0, 0.1) is 13.8 Å². The molecule has 122 valence electrons. The third-order valence-corrected chi connectivity index (χ3v) is 3.80. The molecule has 0 bridgehead atoms. The lowest BCUT2D eigenvalue weighted by atomic mass is 10.1. The Hall–Kier alpha value is -3.22. The maximum absolute atomic E-state index is 11.2. The number of aryl methyl sites for hydroxylation is 2. The van der Waals surface area contributed by atoms with Crippen LogP contribution in [-0.2, 0) is 4.79 Å². The number of fused-ring (bicyclic) bond motifs is 1. The van der Waals surface area contributed by atoms with Crippen LogP contribution in [0.2, 0.25) is 0 Å². The molecule has 7 nitrogen and oxygen atoms in total. The largest absolute Gasteiger partial charge is 0.338 e. The molecule has 0 aliphatic carbocycles. The van der Waals surface area contributed by atoms with E-state index in [1.165, 1.54) is 13.3 Å². The van der Waals surface area contributed by atoms with Crippen molar-refractivity contribution in [3.05, 3.63) is 47.4 Å². The fourth-order valence-electron chi connectivity index (χ4n) is 2.55. The predicted octanol–water partition coefficient (Wildman–Crippen LogP) is 2.86. The van der Waals surface area contributed by atoms with E-state index >= 15 is 0 Å². The molecule has 1 aromatic carbocycles. The third kappa shape index (κ3) is 2.83. The van der Waals surface area contributed by atoms with E-state index < -0.39 is 0 Å². The zero-order valence-electron chi connectivity index (χ0n) is 13.6. The number of hydrogen-bond donors (Lipinski definition) is 2. The van der Waals surface area contributed by atoms with Crippen LogP contribution in [0.15, 0.2) is 30.7 Å². The molecule has 24 heavy (non-hydrogen) atoms. The van der Waals surface area contributed by atoms with Crippen molar-refractivity contribution < 1.29 is 9.59 Å². The minimum absolute atomic E-state index is 0.132. The average molecular weight is 323 g/mol. The highest BCUT2D eigenvalue weighted by Gasteiger charge is 2.13. The molecule has 0 atom stereocenters. The Morgan fingerprint density at radius 2 is 2.08 bits per heavy atom. The lowest BCUT2D eigenvalue weighted by Crippen LogP contribution is -2.07. The topological polar surface area (TPSA) is 88.4 Å². The van der Waals surface area contributed by atoms with Gasteiger partial charge in [0.05, 0.1) is 0 Å². The summed E-state index contributed by atoms with van der Waals surface area (Å²) in [5, 5.41) is 10.2. The smallest absolute Gasteiger partial charge is 0.221 e. The highest BCUT2D eigenvalue weighted by atomic mass is 16.1. The highest BCUT2D eigenvalue weighted by molar-refractivity contribution is 5.90. The minimum Gasteiger partial charge on any atom is -0.338 e. The molecule has 0 aliphatic rings. The van der Waals surface area contributed by atoms with Crippen molar-refractivity contribution in [1.82, 2.24) is 14.6 Å². The van der Waals surface area contributed by atoms with Gasteiger partial charge in [-0.15, -0.1) is 0 Å². The third-order valence-electron chi connectivity index (χ3n) is 3.80. The second kappa shape index (κ2) is 6.11. The highest BCUT2D eigenvalue weighted by Crippen LogP contribution is 2.27. The number of carbonyl (C=O) groups excluding carboxylic acids is 2. The number of nitrogens with zero attached hydrogens (tertiary/aromatic N) is 3. The summed E-state index contributed by atoms with van der Waals surface area (Å²) in [4.78, 5) is 26.7. The standard InChI is InChI=1S/C17H17N5O2/c1-10-4-5-14(20-12(3)24)6-15(10)21-17-16-11(2)13(8-23)7-22(16)19-9-18-17/h4-9H,1-3H3,(H,20,24)(H,18,19,21). The van der Waals surface area contributed by atoms with Gasteiger partial charge < -0.3 is 10.6 Å². The van der Waals surface area contributed by atoms with E-state index in [9.17, 15) is 9.59 Å². The summed E-state index contributed by atoms with van der Waals surface area (Å²) < 4.78 is 1.63. The number of amides is 1. The molecule has 0 saturated carbocycles. The fraction of sp³-hybridized carbons (Fsp3) is 0.176. The molecule has 0 spiro atoms. The van der Waals surface area contributed by atoms with Crippen LogP contribution >= 0.6 is 0 Å². The molecular formula is C17H17N5O2. The summed E-state index contributed by atoms with van der Waals surface area (Å²) in [6.07, 6.45) is 3.90. The van der Waals surface area contributed by atoms with Crippen molar-refractivity contribution in [3.8, 4) is 0 Å². The first kappa shape index (κ1) is 15.7. The number of benzene rings is 1. The van der Waals surface area contributed by atoms with Crippen LogP contribution in [0.3, 0.4) is 0 Å². The number of aromatic nitrogens is 3. The monoisotopic (exact) mass is 323 g/mol. The number of rotatable bonds is 4. The number of hydrogen-bond acceptors (Lipinski definition) is 5. The zero-order chi connectivity index (χ0) is 17.3. The first-order valence-corrected chi connectivity index (χ1v) is 7.43. The van der Waals surface area contributed by atoms with Gasteiger partial charge in [0.2, 0.25) is 5.91 Å². The summed E-state index contributed by atoms with van der Waals surface area (Å²) in [5.74, 6) is 0.464. The van der Waals surface area contributed by atoms with E-state index in [2.05, 4.69) is 20.7 Å². The summed E-state index contributed by atoms with van der Waals surface area (Å²) in [7, 11) is 0. The molecule has 0 radical (unpaired) electrons. The van der Waals surface area contributed by atoms with Crippen LogP contribution in [0.5, 0.6) is 0 Å². The van der Waals surface area contributed by atoms with E-state index in [0.29, 0.717) is 17.1 Å². The lowest BCUT2D eigenvalue weighted by Gasteiger charge is -2.12. The van der Waals surface area contributed by atoms with Crippen molar-refractivity contribution in [3.63, 3.8) is 0 Å². The Kier molecular flexibility index (Phi) is 3.99. The van der Waals surface area contributed by atoms with Crippen LogP contribution < -0.4 is 10.6 Å². The van der Waals surface area contributed by atoms with Gasteiger partial charge in [-0.05, 0) is 37.1 Å². The van der Waals surface area contributed by atoms with Crippen molar-refractivity contribution in [2.24, 2.45) is 0 Å². The van der Waals surface area contributed by atoms with E-state index in [1.54, 1.807) is 10.7 Å². The molecule has 0 unspecified atom stereocenters. The number of carbonyl (C=O) groups is 2. The van der Waals surface area contributed by atoms with Crippen LogP contribution in [0.1, 0.15) is 28.4 Å². The van der Waals surface area contributed by atoms with Crippen molar-refractivity contribution in [2.45, 2.75) is 20.8 Å². The van der Waals surface area contributed by atoms with Crippen LogP contribution in [-0.4, -0.2) is 26.8 Å². The van der Waals surface area contributed by atoms with Crippen LogP contribution in [0.4, 0.5) is 17.2 Å². The van der Waals surface area contributed by atoms with Gasteiger partial charge in [0.25, 0.3) is 0 Å². The zero-order valence-corrected chi connectivity index (χ0v) is 13.6. The van der Waals surface area contributed by atoms with Crippen molar-refractivity contribution in [1.29, 1.82) is 0 Å². The second-order valence-corrected chi connectivity index (χ2v) is 5.57. The maximum Gasteiger partial charge on any atom is 0.221 e. The summed E-state index contributed by atoms with van der Waals surface area (Å²) in [6, 6.07) is 5.59. The molecule has 0 fully saturated rings. The number of aldehydes is 1. The van der Waals surface area contributed by atoms with Crippen molar-refractivity contribution in [2.75, 3.05) is 10.6 Å². The van der Waals surface area contributed by atoms with Gasteiger partial charge >= 0.3 is 0 Å². The predicted molar refractivity (Wildman–Crippen MR) is 91.9 cm³/mol. The van der Waals surface area contributed by atoms with E-state index in [4.69, 9.17) is 0 Å². The molecule has 7 heteroatoms. The maximum atomic E-state index is 11.2. The van der Waals surface area contributed by atoms with Gasteiger partial charge in [-0.25, -0.2) is 9.50 Å². The van der Waals surface area contributed by atoms with Gasteiger partial charge in [-0.3, -0.25) is 9.59 Å². The summed E-state index contributed by atoms with van der Waals surface area (Å²) in [6.45, 7) is 5.28. The SMILES string of the molecule is CC(=O)Nc1ccc(C)c(Nc2ncnn3cc(C=O)c(C)c23)c1. The lowest BCUT2D eigenvalue weighted by molar-refractivity contribution is -0.114. The number of anilines is 3. The minimum atomic E-state index is -0.132. The molecule has 1 amide bonds. The van der Waals surface area contributed by atoms with Crippen LogP contribution in [0.25, 0.3) is 5.52 Å². The quantitative estimate of drug-likeness (QED) is 0.721.